The van der Waals surface area contributed by atoms with E-state index in [4.69, 9.17) is 14.6 Å². The number of rotatable bonds is 2. The van der Waals surface area contributed by atoms with Gasteiger partial charge in [0.25, 0.3) is 5.56 Å². The summed E-state index contributed by atoms with van der Waals surface area (Å²) < 4.78 is 12.9. The monoisotopic (exact) mass is 323 g/mol. The zero-order chi connectivity index (χ0) is 16.1. The van der Waals surface area contributed by atoms with Gasteiger partial charge >= 0.3 is 0 Å². The van der Waals surface area contributed by atoms with Gasteiger partial charge in [0.15, 0.2) is 11.5 Å². The molecule has 2 aromatic heterocycles. The summed E-state index contributed by atoms with van der Waals surface area (Å²) in [5.41, 5.74) is 2.37. The largest absolute Gasteiger partial charge is 0.454 e. The SMILES string of the molecule is O=c1[nH]ccc2c1c(-c1ccc3c(c1)OCO3)nn2C1CCCC1. The Morgan fingerprint density at radius 3 is 2.83 bits per heavy atom. The summed E-state index contributed by atoms with van der Waals surface area (Å²) >= 11 is 0. The molecule has 0 saturated heterocycles. The van der Waals surface area contributed by atoms with Crippen molar-refractivity contribution in [3.63, 3.8) is 0 Å². The van der Waals surface area contributed by atoms with Crippen LogP contribution in [0.4, 0.5) is 0 Å². The third kappa shape index (κ3) is 1.95. The Balaban J connectivity index is 1.74. The third-order valence-corrected chi connectivity index (χ3v) is 4.95. The van der Waals surface area contributed by atoms with E-state index in [1.165, 1.54) is 12.8 Å². The highest BCUT2D eigenvalue weighted by Gasteiger charge is 2.24. The van der Waals surface area contributed by atoms with Crippen molar-refractivity contribution in [2.75, 3.05) is 6.79 Å². The van der Waals surface area contributed by atoms with Crippen LogP contribution in [0.3, 0.4) is 0 Å². The minimum absolute atomic E-state index is 0.107. The first-order valence-electron chi connectivity index (χ1n) is 8.31. The second-order valence-electron chi connectivity index (χ2n) is 6.37. The van der Waals surface area contributed by atoms with E-state index in [1.54, 1.807) is 6.20 Å². The average molecular weight is 323 g/mol. The van der Waals surface area contributed by atoms with Crippen LogP contribution in [0.15, 0.2) is 35.3 Å². The summed E-state index contributed by atoms with van der Waals surface area (Å²) in [4.78, 5) is 15.2. The minimum atomic E-state index is -0.107. The van der Waals surface area contributed by atoms with E-state index >= 15 is 0 Å². The van der Waals surface area contributed by atoms with E-state index in [2.05, 4.69) is 4.98 Å². The van der Waals surface area contributed by atoms with Gasteiger partial charge in [-0.2, -0.15) is 5.10 Å². The lowest BCUT2D eigenvalue weighted by Crippen LogP contribution is -2.08. The van der Waals surface area contributed by atoms with Crippen LogP contribution in [0.1, 0.15) is 31.7 Å². The molecular weight excluding hydrogens is 306 g/mol. The lowest BCUT2D eigenvalue weighted by atomic mass is 10.1. The predicted octanol–water partition coefficient (Wildman–Crippen LogP) is 3.24. The summed E-state index contributed by atoms with van der Waals surface area (Å²) in [7, 11) is 0. The van der Waals surface area contributed by atoms with Crippen LogP contribution in [0.2, 0.25) is 0 Å². The molecule has 3 heterocycles. The van der Waals surface area contributed by atoms with Gasteiger partial charge in [0, 0.05) is 11.8 Å². The fourth-order valence-electron chi connectivity index (χ4n) is 3.77. The van der Waals surface area contributed by atoms with Crippen LogP contribution in [0.25, 0.3) is 22.2 Å². The summed E-state index contributed by atoms with van der Waals surface area (Å²) in [6.07, 6.45) is 6.36. The first kappa shape index (κ1) is 13.7. The molecule has 24 heavy (non-hydrogen) atoms. The van der Waals surface area contributed by atoms with Gasteiger partial charge in [0.1, 0.15) is 5.69 Å². The Hall–Kier alpha value is -2.76. The van der Waals surface area contributed by atoms with Crippen molar-refractivity contribution in [3.8, 4) is 22.8 Å². The second-order valence-corrected chi connectivity index (χ2v) is 6.37. The number of ether oxygens (including phenoxy) is 2. The molecule has 2 aliphatic rings. The van der Waals surface area contributed by atoms with Crippen LogP contribution in [0, 0.1) is 0 Å². The quantitative estimate of drug-likeness (QED) is 0.786. The van der Waals surface area contributed by atoms with Gasteiger partial charge in [0.05, 0.1) is 16.9 Å². The lowest BCUT2D eigenvalue weighted by Gasteiger charge is -2.10. The number of benzene rings is 1. The van der Waals surface area contributed by atoms with Crippen molar-refractivity contribution >= 4 is 10.9 Å². The Labute approximate surface area is 138 Å². The fraction of sp³-hybridized carbons (Fsp3) is 0.333. The van der Waals surface area contributed by atoms with E-state index in [-0.39, 0.29) is 12.4 Å². The Kier molecular flexibility index (Phi) is 2.92. The van der Waals surface area contributed by atoms with Crippen LogP contribution in [-0.2, 0) is 0 Å². The second kappa shape index (κ2) is 5.12. The van der Waals surface area contributed by atoms with Crippen LogP contribution in [0.5, 0.6) is 11.5 Å². The van der Waals surface area contributed by atoms with Crippen molar-refractivity contribution in [2.45, 2.75) is 31.7 Å². The topological polar surface area (TPSA) is 69.1 Å². The van der Waals surface area contributed by atoms with Gasteiger partial charge < -0.3 is 14.5 Å². The van der Waals surface area contributed by atoms with Gasteiger partial charge in [-0.05, 0) is 37.1 Å². The maximum Gasteiger partial charge on any atom is 0.259 e. The van der Waals surface area contributed by atoms with Crippen LogP contribution < -0.4 is 15.0 Å². The molecule has 0 unspecified atom stereocenters. The van der Waals surface area contributed by atoms with E-state index in [9.17, 15) is 4.79 Å². The number of nitrogens with one attached hydrogen (secondary N) is 1. The first-order valence-corrected chi connectivity index (χ1v) is 8.31. The number of H-pyrrole nitrogens is 1. The number of nitrogens with zero attached hydrogens (tertiary/aromatic N) is 2. The molecule has 0 atom stereocenters. The Bertz CT molecular complexity index is 983. The molecule has 0 bridgehead atoms. The molecule has 1 fully saturated rings. The van der Waals surface area contributed by atoms with Crippen LogP contribution in [-0.4, -0.2) is 21.6 Å². The zero-order valence-electron chi connectivity index (χ0n) is 13.1. The summed E-state index contributed by atoms with van der Waals surface area (Å²) in [6, 6.07) is 8.02. The van der Waals surface area contributed by atoms with Gasteiger partial charge in [0.2, 0.25) is 6.79 Å². The molecule has 1 aliphatic carbocycles. The number of hydrogen-bond donors (Lipinski definition) is 1. The normalized spacial score (nSPS) is 17.0. The molecule has 0 spiro atoms. The predicted molar refractivity (Wildman–Crippen MR) is 89.4 cm³/mol. The molecule has 122 valence electrons. The number of pyridine rings is 1. The molecule has 5 rings (SSSR count). The van der Waals surface area contributed by atoms with Gasteiger partial charge in [-0.3, -0.25) is 9.48 Å². The average Bonchev–Trinajstić information content (AvgIpc) is 3.33. The molecule has 6 heteroatoms. The van der Waals surface area contributed by atoms with Crippen molar-refractivity contribution < 1.29 is 9.47 Å². The van der Waals surface area contributed by atoms with E-state index in [0.717, 1.165) is 29.7 Å². The molecule has 0 amide bonds. The number of hydrogen-bond acceptors (Lipinski definition) is 4. The molecular formula is C18H17N3O3. The maximum absolute atomic E-state index is 12.5. The van der Waals surface area contributed by atoms with Crippen molar-refractivity contribution in [1.82, 2.24) is 14.8 Å². The smallest absolute Gasteiger partial charge is 0.259 e. The highest BCUT2D eigenvalue weighted by molar-refractivity contribution is 5.93. The van der Waals surface area contributed by atoms with Gasteiger partial charge in [-0.1, -0.05) is 12.8 Å². The maximum atomic E-state index is 12.5. The summed E-state index contributed by atoms with van der Waals surface area (Å²) in [5.74, 6) is 1.43. The molecule has 1 aromatic carbocycles. The Morgan fingerprint density at radius 2 is 1.96 bits per heavy atom. The minimum Gasteiger partial charge on any atom is -0.454 e. The zero-order valence-corrected chi connectivity index (χ0v) is 13.1. The summed E-state index contributed by atoms with van der Waals surface area (Å²) in [5, 5.41) is 5.47. The number of aromatic nitrogens is 3. The number of fused-ring (bicyclic) bond motifs is 2. The summed E-state index contributed by atoms with van der Waals surface area (Å²) in [6.45, 7) is 0.233. The van der Waals surface area contributed by atoms with Gasteiger partial charge in [-0.15, -0.1) is 0 Å². The van der Waals surface area contributed by atoms with Crippen molar-refractivity contribution in [2.24, 2.45) is 0 Å². The van der Waals surface area contributed by atoms with Crippen LogP contribution >= 0.6 is 0 Å². The van der Waals surface area contributed by atoms with E-state index in [1.807, 2.05) is 28.9 Å². The third-order valence-electron chi connectivity index (χ3n) is 4.95. The lowest BCUT2D eigenvalue weighted by molar-refractivity contribution is 0.174. The van der Waals surface area contributed by atoms with Crippen molar-refractivity contribution in [3.05, 3.63) is 40.8 Å². The van der Waals surface area contributed by atoms with Gasteiger partial charge in [-0.25, -0.2) is 0 Å². The molecule has 0 radical (unpaired) electrons. The van der Waals surface area contributed by atoms with E-state index in [0.29, 0.717) is 22.9 Å². The number of aromatic amines is 1. The molecule has 1 N–H and O–H groups in total. The standard InChI is InChI=1S/C18H17N3O3/c22-18-16-13(7-8-19-18)21(12-3-1-2-4-12)20-17(16)11-5-6-14-15(9-11)24-10-23-14/h5-9,12H,1-4,10H2,(H,19,22). The molecule has 6 nitrogen and oxygen atoms in total. The fourth-order valence-corrected chi connectivity index (χ4v) is 3.77. The first-order chi connectivity index (χ1) is 11.8. The molecule has 3 aromatic rings. The van der Waals surface area contributed by atoms with E-state index < -0.39 is 0 Å². The van der Waals surface area contributed by atoms with Crippen molar-refractivity contribution in [1.29, 1.82) is 0 Å². The molecule has 1 saturated carbocycles. The highest BCUT2D eigenvalue weighted by Crippen LogP contribution is 2.38. The Morgan fingerprint density at radius 1 is 1.12 bits per heavy atom. The molecule has 1 aliphatic heterocycles. The highest BCUT2D eigenvalue weighted by atomic mass is 16.7.